The van der Waals surface area contributed by atoms with Crippen molar-refractivity contribution in [3.8, 4) is 5.75 Å². The number of para-hydroxylation sites is 1. The van der Waals surface area contributed by atoms with Crippen LogP contribution >= 0.6 is 0 Å². The van der Waals surface area contributed by atoms with Gasteiger partial charge in [0.1, 0.15) is 5.75 Å². The molecular formula is C12H15NO2. The van der Waals surface area contributed by atoms with Crippen molar-refractivity contribution in [3.63, 3.8) is 0 Å². The summed E-state index contributed by atoms with van der Waals surface area (Å²) in [6.07, 6.45) is 0. The molecule has 0 spiro atoms. The van der Waals surface area contributed by atoms with E-state index in [-0.39, 0.29) is 18.6 Å². The smallest absolute Gasteiger partial charge is 0.261 e. The van der Waals surface area contributed by atoms with E-state index in [9.17, 15) is 4.79 Å². The molecule has 0 atom stereocenters. The first kappa shape index (κ1) is 10.0. The number of benzene rings is 1. The van der Waals surface area contributed by atoms with Gasteiger partial charge in [-0.15, -0.1) is 0 Å². The van der Waals surface area contributed by atoms with Crippen LogP contribution in [0.5, 0.6) is 5.75 Å². The van der Waals surface area contributed by atoms with E-state index in [1.165, 1.54) is 0 Å². The number of hydrogen-bond donors (Lipinski definition) is 0. The molecule has 0 bridgehead atoms. The maximum absolute atomic E-state index is 11.7. The molecule has 1 aromatic rings. The molecule has 1 heterocycles. The quantitative estimate of drug-likeness (QED) is 0.700. The van der Waals surface area contributed by atoms with E-state index in [0.29, 0.717) is 6.54 Å². The number of fused-ring (bicyclic) bond motifs is 1. The Hall–Kier alpha value is -1.51. The fraction of sp³-hybridized carbons (Fsp3) is 0.417. The number of rotatable bonds is 1. The Labute approximate surface area is 89.7 Å². The molecule has 1 amide bonds. The molecule has 3 nitrogen and oxygen atoms in total. The lowest BCUT2D eigenvalue weighted by Crippen LogP contribution is -2.37. The average Bonchev–Trinajstić information content (AvgIpc) is 2.39. The standard InChI is InChI=1S/C12H15NO2/c1-9(2)13-7-10-5-3-4-6-11(10)15-8-12(13)14/h3-6,9H,7-8H2,1-2H3. The molecule has 0 radical (unpaired) electrons. The van der Waals surface area contributed by atoms with Crippen LogP contribution < -0.4 is 4.74 Å². The third-order valence-corrected chi connectivity index (χ3v) is 2.61. The number of nitrogens with zero attached hydrogens (tertiary/aromatic N) is 1. The second kappa shape index (κ2) is 3.93. The minimum Gasteiger partial charge on any atom is -0.483 e. The van der Waals surface area contributed by atoms with Crippen LogP contribution in [-0.2, 0) is 11.3 Å². The molecule has 0 aliphatic carbocycles. The highest BCUT2D eigenvalue weighted by Gasteiger charge is 2.22. The van der Waals surface area contributed by atoms with E-state index in [2.05, 4.69) is 0 Å². The van der Waals surface area contributed by atoms with Gasteiger partial charge >= 0.3 is 0 Å². The van der Waals surface area contributed by atoms with Gasteiger partial charge in [-0.1, -0.05) is 18.2 Å². The number of carbonyl (C=O) groups excluding carboxylic acids is 1. The molecule has 1 aromatic carbocycles. The molecule has 80 valence electrons. The van der Waals surface area contributed by atoms with Crippen LogP contribution in [0.1, 0.15) is 19.4 Å². The van der Waals surface area contributed by atoms with Crippen molar-refractivity contribution in [1.29, 1.82) is 0 Å². The highest BCUT2D eigenvalue weighted by Crippen LogP contribution is 2.23. The predicted molar refractivity (Wildman–Crippen MR) is 57.6 cm³/mol. The predicted octanol–water partition coefficient (Wildman–Crippen LogP) is 1.82. The molecule has 3 heteroatoms. The Kier molecular flexibility index (Phi) is 2.62. The first-order valence-corrected chi connectivity index (χ1v) is 5.18. The maximum Gasteiger partial charge on any atom is 0.261 e. The van der Waals surface area contributed by atoms with E-state index in [4.69, 9.17) is 4.74 Å². The largest absolute Gasteiger partial charge is 0.483 e. The van der Waals surface area contributed by atoms with E-state index >= 15 is 0 Å². The van der Waals surface area contributed by atoms with E-state index in [1.54, 1.807) is 0 Å². The van der Waals surface area contributed by atoms with Crippen LogP contribution in [0, 0.1) is 0 Å². The summed E-state index contributed by atoms with van der Waals surface area (Å²) in [7, 11) is 0. The van der Waals surface area contributed by atoms with Crippen LogP contribution in [0.3, 0.4) is 0 Å². The van der Waals surface area contributed by atoms with Crippen LogP contribution in [-0.4, -0.2) is 23.5 Å². The zero-order valence-corrected chi connectivity index (χ0v) is 9.06. The Balaban J connectivity index is 2.31. The number of amides is 1. The number of hydrogen-bond acceptors (Lipinski definition) is 2. The lowest BCUT2D eigenvalue weighted by atomic mass is 10.2. The summed E-state index contributed by atoms with van der Waals surface area (Å²) in [4.78, 5) is 13.6. The fourth-order valence-electron chi connectivity index (χ4n) is 1.74. The van der Waals surface area contributed by atoms with E-state index in [0.717, 1.165) is 11.3 Å². The topological polar surface area (TPSA) is 29.5 Å². The Morgan fingerprint density at radius 1 is 1.33 bits per heavy atom. The van der Waals surface area contributed by atoms with Gasteiger partial charge < -0.3 is 9.64 Å². The summed E-state index contributed by atoms with van der Waals surface area (Å²) in [5, 5.41) is 0. The lowest BCUT2D eigenvalue weighted by Gasteiger charge is -2.24. The molecule has 15 heavy (non-hydrogen) atoms. The van der Waals surface area contributed by atoms with Gasteiger partial charge in [0.15, 0.2) is 6.61 Å². The summed E-state index contributed by atoms with van der Waals surface area (Å²) in [5.74, 6) is 0.884. The highest BCUT2D eigenvalue weighted by molar-refractivity contribution is 5.78. The second-order valence-corrected chi connectivity index (χ2v) is 4.01. The lowest BCUT2D eigenvalue weighted by molar-refractivity contribution is -0.134. The van der Waals surface area contributed by atoms with Crippen molar-refractivity contribution in [2.75, 3.05) is 6.61 Å². The minimum absolute atomic E-state index is 0.0567. The zero-order valence-electron chi connectivity index (χ0n) is 9.06. The van der Waals surface area contributed by atoms with Crippen molar-refractivity contribution in [2.45, 2.75) is 26.4 Å². The molecule has 0 aromatic heterocycles. The van der Waals surface area contributed by atoms with Gasteiger partial charge in [0, 0.05) is 18.2 Å². The highest BCUT2D eigenvalue weighted by atomic mass is 16.5. The third-order valence-electron chi connectivity index (χ3n) is 2.61. The summed E-state index contributed by atoms with van der Waals surface area (Å²) in [5.41, 5.74) is 1.08. The van der Waals surface area contributed by atoms with E-state index < -0.39 is 0 Å². The number of carbonyl (C=O) groups is 1. The van der Waals surface area contributed by atoms with Crippen LogP contribution in [0.25, 0.3) is 0 Å². The number of ether oxygens (including phenoxy) is 1. The molecule has 0 N–H and O–H groups in total. The Morgan fingerprint density at radius 2 is 2.07 bits per heavy atom. The van der Waals surface area contributed by atoms with Gasteiger partial charge in [0.05, 0.1) is 0 Å². The first-order valence-electron chi connectivity index (χ1n) is 5.18. The zero-order chi connectivity index (χ0) is 10.8. The first-order chi connectivity index (χ1) is 7.18. The van der Waals surface area contributed by atoms with Gasteiger partial charge in [-0.3, -0.25) is 4.79 Å². The molecule has 0 fully saturated rings. The van der Waals surface area contributed by atoms with Crippen molar-refractivity contribution >= 4 is 5.91 Å². The third kappa shape index (κ3) is 1.96. The minimum atomic E-state index is 0.0567. The van der Waals surface area contributed by atoms with Gasteiger partial charge in [0.2, 0.25) is 0 Å². The van der Waals surface area contributed by atoms with Gasteiger partial charge in [-0.2, -0.15) is 0 Å². The summed E-state index contributed by atoms with van der Waals surface area (Å²) < 4.78 is 5.45. The molecule has 1 aliphatic heterocycles. The maximum atomic E-state index is 11.7. The Morgan fingerprint density at radius 3 is 2.80 bits per heavy atom. The van der Waals surface area contributed by atoms with Crippen LogP contribution in [0.4, 0.5) is 0 Å². The molecular weight excluding hydrogens is 190 g/mol. The van der Waals surface area contributed by atoms with Crippen molar-refractivity contribution in [3.05, 3.63) is 29.8 Å². The van der Waals surface area contributed by atoms with Crippen molar-refractivity contribution in [1.82, 2.24) is 4.90 Å². The molecule has 0 saturated heterocycles. The van der Waals surface area contributed by atoms with Crippen molar-refractivity contribution < 1.29 is 9.53 Å². The monoisotopic (exact) mass is 205 g/mol. The van der Waals surface area contributed by atoms with Crippen LogP contribution in [0.15, 0.2) is 24.3 Å². The SMILES string of the molecule is CC(C)N1Cc2ccccc2OCC1=O. The van der Waals surface area contributed by atoms with Crippen LogP contribution in [0.2, 0.25) is 0 Å². The van der Waals surface area contributed by atoms with E-state index in [1.807, 2.05) is 43.0 Å². The van der Waals surface area contributed by atoms with Gasteiger partial charge in [-0.25, -0.2) is 0 Å². The van der Waals surface area contributed by atoms with Gasteiger partial charge in [0.25, 0.3) is 5.91 Å². The molecule has 2 rings (SSSR count). The summed E-state index contributed by atoms with van der Waals surface area (Å²) in [6.45, 7) is 4.83. The summed E-state index contributed by atoms with van der Waals surface area (Å²) >= 11 is 0. The Bertz CT molecular complexity index is 374. The van der Waals surface area contributed by atoms with Gasteiger partial charge in [-0.05, 0) is 19.9 Å². The van der Waals surface area contributed by atoms with Crippen molar-refractivity contribution in [2.24, 2.45) is 0 Å². The normalized spacial score (nSPS) is 15.9. The molecule has 1 aliphatic rings. The molecule has 0 unspecified atom stereocenters. The second-order valence-electron chi connectivity index (χ2n) is 4.01. The summed E-state index contributed by atoms with van der Waals surface area (Å²) in [6, 6.07) is 8.02. The average molecular weight is 205 g/mol. The fourth-order valence-corrected chi connectivity index (χ4v) is 1.74. The molecule has 0 saturated carbocycles.